The van der Waals surface area contributed by atoms with Gasteiger partial charge in [0.15, 0.2) is 0 Å². The van der Waals surface area contributed by atoms with Gasteiger partial charge in [-0.15, -0.1) is 0 Å². The number of nitrogens with one attached hydrogen (secondary N) is 1. The fourth-order valence-corrected chi connectivity index (χ4v) is 3.75. The number of aliphatic hydroxyl groups excluding tert-OH is 1. The van der Waals surface area contributed by atoms with E-state index in [2.05, 4.69) is 29.3 Å². The molecule has 1 aliphatic heterocycles. The molecule has 27 heavy (non-hydrogen) atoms. The van der Waals surface area contributed by atoms with E-state index in [4.69, 9.17) is 4.98 Å². The second-order valence-electron chi connectivity index (χ2n) is 7.14. The molecule has 0 radical (unpaired) electrons. The van der Waals surface area contributed by atoms with Crippen LogP contribution in [0.2, 0.25) is 0 Å². The zero-order valence-electron chi connectivity index (χ0n) is 15.5. The minimum absolute atomic E-state index is 0.0708. The van der Waals surface area contributed by atoms with Gasteiger partial charge in [-0.05, 0) is 55.2 Å². The molecule has 0 fully saturated rings. The van der Waals surface area contributed by atoms with Gasteiger partial charge in [-0.25, -0.2) is 9.37 Å². The topological polar surface area (TPSA) is 48.4 Å². The first-order chi connectivity index (χ1) is 13.1. The lowest BCUT2D eigenvalue weighted by Gasteiger charge is -2.24. The summed E-state index contributed by atoms with van der Waals surface area (Å²) in [6, 6.07) is 13.3. The number of halogens is 1. The minimum atomic E-state index is -0.192. The van der Waals surface area contributed by atoms with Crippen molar-refractivity contribution in [3.8, 4) is 0 Å². The van der Waals surface area contributed by atoms with Crippen LogP contribution in [0.4, 0.5) is 15.9 Å². The highest BCUT2D eigenvalue weighted by atomic mass is 19.1. The summed E-state index contributed by atoms with van der Waals surface area (Å²) in [5.74, 6) is 0.687. The Balaban J connectivity index is 1.75. The molecule has 2 N–H and O–H groups in total. The molecule has 2 aromatic carbocycles. The molecule has 2 heterocycles. The summed E-state index contributed by atoms with van der Waals surface area (Å²) in [6.07, 6.45) is 1.96. The summed E-state index contributed by atoms with van der Waals surface area (Å²) in [7, 11) is 0. The number of aryl methyl sites for hydroxylation is 2. The highest BCUT2D eigenvalue weighted by Crippen LogP contribution is 2.30. The summed E-state index contributed by atoms with van der Waals surface area (Å²) in [4.78, 5) is 7.09. The number of hydrogen-bond acceptors (Lipinski definition) is 4. The predicted molar refractivity (Wildman–Crippen MR) is 108 cm³/mol. The number of anilines is 2. The van der Waals surface area contributed by atoms with Crippen LogP contribution in [0.1, 0.15) is 23.1 Å². The van der Waals surface area contributed by atoms with Crippen molar-refractivity contribution < 1.29 is 9.50 Å². The Labute approximate surface area is 158 Å². The lowest BCUT2D eigenvalue weighted by Crippen LogP contribution is -2.24. The number of aliphatic hydroxyl groups is 1. The molecule has 0 amide bonds. The van der Waals surface area contributed by atoms with Crippen LogP contribution in [0.25, 0.3) is 10.9 Å². The molecule has 140 valence electrons. The van der Waals surface area contributed by atoms with Crippen molar-refractivity contribution in [1.82, 2.24) is 4.98 Å². The molecule has 1 aliphatic rings. The molecule has 0 aliphatic carbocycles. The number of rotatable bonds is 4. The maximum atomic E-state index is 13.7. The summed E-state index contributed by atoms with van der Waals surface area (Å²) in [5, 5.41) is 13.6. The van der Waals surface area contributed by atoms with E-state index in [1.165, 1.54) is 11.1 Å². The van der Waals surface area contributed by atoms with Gasteiger partial charge in [-0.1, -0.05) is 17.7 Å². The lowest BCUT2D eigenvalue weighted by atomic mass is 10.0. The largest absolute Gasteiger partial charge is 0.395 e. The number of fused-ring (bicyclic) bond motifs is 2. The Morgan fingerprint density at radius 2 is 2.04 bits per heavy atom. The molecule has 4 nitrogen and oxygen atoms in total. The molecule has 0 atom stereocenters. The average molecular weight is 365 g/mol. The van der Waals surface area contributed by atoms with Crippen LogP contribution < -0.4 is 10.2 Å². The smallest absolute Gasteiger partial charge is 0.131 e. The maximum Gasteiger partial charge on any atom is 0.131 e. The van der Waals surface area contributed by atoms with Crippen molar-refractivity contribution in [2.75, 3.05) is 29.9 Å². The molecule has 0 saturated carbocycles. The Bertz CT molecular complexity index is 973. The van der Waals surface area contributed by atoms with E-state index in [0.29, 0.717) is 13.1 Å². The van der Waals surface area contributed by atoms with Crippen LogP contribution >= 0.6 is 0 Å². The van der Waals surface area contributed by atoms with Gasteiger partial charge in [0.2, 0.25) is 0 Å². The molecule has 0 bridgehead atoms. The van der Waals surface area contributed by atoms with Crippen LogP contribution in [0.15, 0.2) is 42.5 Å². The van der Waals surface area contributed by atoms with Gasteiger partial charge in [0.05, 0.1) is 12.1 Å². The molecule has 1 aromatic heterocycles. The van der Waals surface area contributed by atoms with Crippen LogP contribution in [0.5, 0.6) is 0 Å². The molecule has 0 spiro atoms. The molecular formula is C22H24FN3O. The SMILES string of the molecule is Cc1ccc2nc(N3CCCc4ccc(F)cc4C3)cc(NCCO)c2c1. The maximum absolute atomic E-state index is 13.7. The number of hydrogen-bond donors (Lipinski definition) is 2. The molecular weight excluding hydrogens is 341 g/mol. The van der Waals surface area contributed by atoms with Crippen molar-refractivity contribution in [3.05, 3.63) is 65.0 Å². The molecule has 4 rings (SSSR count). The van der Waals surface area contributed by atoms with E-state index >= 15 is 0 Å². The van der Waals surface area contributed by atoms with E-state index in [1.807, 2.05) is 18.2 Å². The van der Waals surface area contributed by atoms with E-state index < -0.39 is 0 Å². The van der Waals surface area contributed by atoms with Gasteiger partial charge in [0.1, 0.15) is 11.6 Å². The van der Waals surface area contributed by atoms with Crippen molar-refractivity contribution in [2.45, 2.75) is 26.3 Å². The number of aromatic nitrogens is 1. The van der Waals surface area contributed by atoms with Crippen LogP contribution in [-0.4, -0.2) is 29.8 Å². The third kappa shape index (κ3) is 3.74. The first kappa shape index (κ1) is 17.7. The van der Waals surface area contributed by atoms with Crippen LogP contribution in [-0.2, 0) is 13.0 Å². The number of pyridine rings is 1. The van der Waals surface area contributed by atoms with Gasteiger partial charge in [-0.3, -0.25) is 0 Å². The second-order valence-corrected chi connectivity index (χ2v) is 7.14. The van der Waals surface area contributed by atoms with Gasteiger partial charge >= 0.3 is 0 Å². The van der Waals surface area contributed by atoms with Crippen molar-refractivity contribution in [2.24, 2.45) is 0 Å². The summed E-state index contributed by atoms with van der Waals surface area (Å²) < 4.78 is 13.7. The van der Waals surface area contributed by atoms with Crippen LogP contribution in [0, 0.1) is 12.7 Å². The Kier molecular flexibility index (Phi) is 4.94. The molecule has 3 aromatic rings. The molecule has 0 saturated heterocycles. The quantitative estimate of drug-likeness (QED) is 0.733. The monoisotopic (exact) mass is 365 g/mol. The fraction of sp³-hybridized carbons (Fsp3) is 0.318. The average Bonchev–Trinajstić information content (AvgIpc) is 2.88. The summed E-state index contributed by atoms with van der Waals surface area (Å²) in [5.41, 5.74) is 5.30. The standard InChI is InChI=1S/C22H24FN3O/c1-15-4-7-20-19(11-15)21(24-8-10-27)13-22(25-20)26-9-2-3-16-5-6-18(23)12-17(16)14-26/h4-7,11-13,27H,2-3,8-10,14H2,1H3,(H,24,25). The van der Waals surface area contributed by atoms with Gasteiger partial charge < -0.3 is 15.3 Å². The highest BCUT2D eigenvalue weighted by Gasteiger charge is 2.18. The fourth-order valence-electron chi connectivity index (χ4n) is 3.75. The Morgan fingerprint density at radius 1 is 1.15 bits per heavy atom. The van der Waals surface area contributed by atoms with E-state index in [9.17, 15) is 9.50 Å². The summed E-state index contributed by atoms with van der Waals surface area (Å²) in [6.45, 7) is 4.14. The zero-order chi connectivity index (χ0) is 18.8. The number of nitrogens with zero attached hydrogens (tertiary/aromatic N) is 2. The zero-order valence-corrected chi connectivity index (χ0v) is 15.5. The van der Waals surface area contributed by atoms with Gasteiger partial charge in [0.25, 0.3) is 0 Å². The number of benzene rings is 2. The second kappa shape index (κ2) is 7.53. The van der Waals surface area contributed by atoms with Crippen LogP contribution in [0.3, 0.4) is 0 Å². The minimum Gasteiger partial charge on any atom is -0.395 e. The van der Waals surface area contributed by atoms with E-state index in [1.54, 1.807) is 12.1 Å². The third-order valence-electron chi connectivity index (χ3n) is 5.11. The molecule has 5 heteroatoms. The third-order valence-corrected chi connectivity index (χ3v) is 5.11. The van der Waals surface area contributed by atoms with Crippen molar-refractivity contribution in [3.63, 3.8) is 0 Å². The molecule has 0 unspecified atom stereocenters. The predicted octanol–water partition coefficient (Wildman–Crippen LogP) is 4.04. The Morgan fingerprint density at radius 3 is 2.89 bits per heavy atom. The first-order valence-electron chi connectivity index (χ1n) is 9.42. The van der Waals surface area contributed by atoms with Crippen molar-refractivity contribution >= 4 is 22.4 Å². The Hall–Kier alpha value is -2.66. The van der Waals surface area contributed by atoms with Gasteiger partial charge in [-0.2, -0.15) is 0 Å². The van der Waals surface area contributed by atoms with Crippen molar-refractivity contribution in [1.29, 1.82) is 0 Å². The first-order valence-corrected chi connectivity index (χ1v) is 9.42. The van der Waals surface area contributed by atoms with Gasteiger partial charge in [0, 0.05) is 36.8 Å². The van der Waals surface area contributed by atoms with E-state index in [-0.39, 0.29) is 12.4 Å². The van der Waals surface area contributed by atoms with E-state index in [0.717, 1.165) is 47.4 Å². The lowest BCUT2D eigenvalue weighted by molar-refractivity contribution is 0.311. The highest BCUT2D eigenvalue weighted by molar-refractivity contribution is 5.93. The normalized spacial score (nSPS) is 14.1. The summed E-state index contributed by atoms with van der Waals surface area (Å²) >= 11 is 0.